The van der Waals surface area contributed by atoms with Crippen LogP contribution in [0.15, 0.2) is 6.20 Å². The lowest BCUT2D eigenvalue weighted by molar-refractivity contribution is 0.0948. The molecule has 0 spiro atoms. The Morgan fingerprint density at radius 3 is 2.95 bits per heavy atom. The summed E-state index contributed by atoms with van der Waals surface area (Å²) in [5, 5.41) is 11.2. The molecule has 0 aromatic carbocycles. The van der Waals surface area contributed by atoms with E-state index in [1.54, 1.807) is 10.9 Å². The molecule has 0 saturated carbocycles. The SMILES string of the molecule is CCCN(CCn1cc(C(=O)NN)nn1)C1CCNCC1. The molecule has 8 heteroatoms. The van der Waals surface area contributed by atoms with E-state index in [9.17, 15) is 4.79 Å². The number of piperidine rings is 1. The third kappa shape index (κ3) is 4.48. The number of nitrogens with one attached hydrogen (secondary N) is 2. The second-order valence-corrected chi connectivity index (χ2v) is 5.36. The maximum absolute atomic E-state index is 11.3. The molecule has 8 nitrogen and oxygen atoms in total. The zero-order chi connectivity index (χ0) is 15.1. The molecule has 0 aliphatic carbocycles. The molecule has 21 heavy (non-hydrogen) atoms. The molecule has 1 aliphatic heterocycles. The van der Waals surface area contributed by atoms with Crippen molar-refractivity contribution in [1.29, 1.82) is 0 Å². The molecule has 2 heterocycles. The smallest absolute Gasteiger partial charge is 0.287 e. The minimum absolute atomic E-state index is 0.251. The molecule has 0 unspecified atom stereocenters. The van der Waals surface area contributed by atoms with Gasteiger partial charge < -0.3 is 5.32 Å². The Morgan fingerprint density at radius 2 is 2.29 bits per heavy atom. The second-order valence-electron chi connectivity index (χ2n) is 5.36. The summed E-state index contributed by atoms with van der Waals surface area (Å²) in [7, 11) is 0. The van der Waals surface area contributed by atoms with Crippen LogP contribution in [-0.4, -0.2) is 58.0 Å². The van der Waals surface area contributed by atoms with Gasteiger partial charge in [-0.1, -0.05) is 12.1 Å². The first-order chi connectivity index (χ1) is 10.2. The summed E-state index contributed by atoms with van der Waals surface area (Å²) < 4.78 is 1.70. The van der Waals surface area contributed by atoms with Gasteiger partial charge in [-0.25, -0.2) is 5.84 Å². The van der Waals surface area contributed by atoms with Gasteiger partial charge in [-0.15, -0.1) is 5.10 Å². The topological polar surface area (TPSA) is 101 Å². The first kappa shape index (κ1) is 15.9. The number of amides is 1. The van der Waals surface area contributed by atoms with Crippen LogP contribution in [0.5, 0.6) is 0 Å². The number of rotatable bonds is 7. The Morgan fingerprint density at radius 1 is 1.52 bits per heavy atom. The third-order valence-corrected chi connectivity index (χ3v) is 3.85. The van der Waals surface area contributed by atoms with Crippen LogP contribution in [0, 0.1) is 0 Å². The van der Waals surface area contributed by atoms with Crippen LogP contribution >= 0.6 is 0 Å². The van der Waals surface area contributed by atoms with Crippen LogP contribution in [0.4, 0.5) is 0 Å². The lowest BCUT2D eigenvalue weighted by atomic mass is 10.0. The van der Waals surface area contributed by atoms with Crippen molar-refractivity contribution in [3.63, 3.8) is 0 Å². The quantitative estimate of drug-likeness (QED) is 0.351. The fraction of sp³-hybridized carbons (Fsp3) is 0.769. The number of nitrogens with two attached hydrogens (primary N) is 1. The van der Waals surface area contributed by atoms with Gasteiger partial charge in [0.15, 0.2) is 5.69 Å². The highest BCUT2D eigenvalue weighted by molar-refractivity contribution is 5.91. The third-order valence-electron chi connectivity index (χ3n) is 3.85. The average Bonchev–Trinajstić information content (AvgIpc) is 3.00. The highest BCUT2D eigenvalue weighted by Gasteiger charge is 2.20. The molecule has 1 aromatic rings. The molecule has 1 aromatic heterocycles. The fourth-order valence-electron chi connectivity index (χ4n) is 2.75. The van der Waals surface area contributed by atoms with Crippen molar-refractivity contribution < 1.29 is 4.79 Å². The van der Waals surface area contributed by atoms with Gasteiger partial charge in [-0.3, -0.25) is 19.8 Å². The lowest BCUT2D eigenvalue weighted by Crippen LogP contribution is -2.44. The van der Waals surface area contributed by atoms with Crippen molar-refractivity contribution in [1.82, 2.24) is 30.6 Å². The maximum atomic E-state index is 11.3. The van der Waals surface area contributed by atoms with E-state index in [1.165, 1.54) is 12.8 Å². The van der Waals surface area contributed by atoms with Crippen LogP contribution < -0.4 is 16.6 Å². The van der Waals surface area contributed by atoms with E-state index in [0.717, 1.165) is 39.1 Å². The Kier molecular flexibility index (Phi) is 6.09. The number of carbonyl (C=O) groups excluding carboxylic acids is 1. The molecule has 2 rings (SSSR count). The normalized spacial score (nSPS) is 16.3. The Hall–Kier alpha value is -1.51. The van der Waals surface area contributed by atoms with Crippen LogP contribution in [0.1, 0.15) is 36.7 Å². The number of carbonyl (C=O) groups is 1. The van der Waals surface area contributed by atoms with E-state index in [-0.39, 0.29) is 5.69 Å². The number of nitrogen functional groups attached to an aromatic ring is 1. The van der Waals surface area contributed by atoms with E-state index in [1.807, 2.05) is 0 Å². The predicted molar refractivity (Wildman–Crippen MR) is 79.4 cm³/mol. The lowest BCUT2D eigenvalue weighted by Gasteiger charge is -2.34. The van der Waals surface area contributed by atoms with Gasteiger partial charge in [0.1, 0.15) is 0 Å². The molecule has 4 N–H and O–H groups in total. The number of hydrogen-bond acceptors (Lipinski definition) is 6. The van der Waals surface area contributed by atoms with Gasteiger partial charge >= 0.3 is 0 Å². The highest BCUT2D eigenvalue weighted by atomic mass is 16.2. The molecule has 1 amide bonds. The van der Waals surface area contributed by atoms with Crippen LogP contribution in [0.2, 0.25) is 0 Å². The second kappa shape index (κ2) is 8.06. The fourth-order valence-corrected chi connectivity index (χ4v) is 2.75. The summed E-state index contributed by atoms with van der Waals surface area (Å²) in [6, 6.07) is 0.640. The molecule has 1 saturated heterocycles. The number of aromatic nitrogens is 3. The summed E-state index contributed by atoms with van der Waals surface area (Å²) in [5.74, 6) is 4.67. The molecule has 0 radical (unpaired) electrons. The van der Waals surface area contributed by atoms with Gasteiger partial charge in [-0.2, -0.15) is 0 Å². The zero-order valence-electron chi connectivity index (χ0n) is 12.6. The van der Waals surface area contributed by atoms with E-state index >= 15 is 0 Å². The minimum Gasteiger partial charge on any atom is -0.317 e. The summed E-state index contributed by atoms with van der Waals surface area (Å²) in [5.41, 5.74) is 2.31. The molecule has 118 valence electrons. The van der Waals surface area contributed by atoms with Crippen molar-refractivity contribution in [3.05, 3.63) is 11.9 Å². The maximum Gasteiger partial charge on any atom is 0.287 e. The number of hydrogen-bond donors (Lipinski definition) is 3. The van der Waals surface area contributed by atoms with Crippen LogP contribution in [0.3, 0.4) is 0 Å². The van der Waals surface area contributed by atoms with E-state index in [0.29, 0.717) is 6.04 Å². The van der Waals surface area contributed by atoms with Crippen molar-refractivity contribution in [2.75, 3.05) is 26.2 Å². The summed E-state index contributed by atoms with van der Waals surface area (Å²) in [6.45, 7) is 7.13. The summed E-state index contributed by atoms with van der Waals surface area (Å²) in [6.07, 6.45) is 5.16. The Balaban J connectivity index is 1.88. The molecular formula is C13H25N7O. The Labute approximate surface area is 125 Å². The van der Waals surface area contributed by atoms with Crippen molar-refractivity contribution in [3.8, 4) is 0 Å². The van der Waals surface area contributed by atoms with E-state index in [4.69, 9.17) is 5.84 Å². The average molecular weight is 295 g/mol. The minimum atomic E-state index is -0.412. The van der Waals surface area contributed by atoms with E-state index in [2.05, 4.69) is 32.9 Å². The Bertz CT molecular complexity index is 441. The zero-order valence-corrected chi connectivity index (χ0v) is 12.6. The van der Waals surface area contributed by atoms with Gasteiger partial charge in [-0.05, 0) is 38.9 Å². The first-order valence-electron chi connectivity index (χ1n) is 7.60. The monoisotopic (exact) mass is 295 g/mol. The summed E-state index contributed by atoms with van der Waals surface area (Å²) >= 11 is 0. The van der Waals surface area contributed by atoms with Crippen molar-refractivity contribution in [2.45, 2.75) is 38.8 Å². The van der Waals surface area contributed by atoms with E-state index < -0.39 is 5.91 Å². The van der Waals surface area contributed by atoms with Gasteiger partial charge in [0, 0.05) is 12.6 Å². The first-order valence-corrected chi connectivity index (χ1v) is 7.60. The predicted octanol–water partition coefficient (Wildman–Crippen LogP) is -0.654. The van der Waals surface area contributed by atoms with Gasteiger partial charge in [0.2, 0.25) is 0 Å². The molecule has 0 bridgehead atoms. The summed E-state index contributed by atoms with van der Waals surface area (Å²) in [4.78, 5) is 13.9. The molecular weight excluding hydrogens is 270 g/mol. The number of nitrogens with zero attached hydrogens (tertiary/aromatic N) is 4. The van der Waals surface area contributed by atoms with Crippen LogP contribution in [0.25, 0.3) is 0 Å². The van der Waals surface area contributed by atoms with Gasteiger partial charge in [0.25, 0.3) is 5.91 Å². The van der Waals surface area contributed by atoms with Crippen LogP contribution in [-0.2, 0) is 6.54 Å². The highest BCUT2D eigenvalue weighted by Crippen LogP contribution is 2.12. The standard InChI is InChI=1S/C13H25N7O/c1-2-7-19(11-3-5-15-6-4-11)8-9-20-10-12(17-18-20)13(21)16-14/h10-11,15H,2-9,14H2,1H3,(H,16,21). The largest absolute Gasteiger partial charge is 0.317 e. The van der Waals surface area contributed by atoms with Crippen molar-refractivity contribution >= 4 is 5.91 Å². The number of hydrazine groups is 1. The molecule has 0 atom stereocenters. The van der Waals surface area contributed by atoms with Gasteiger partial charge in [0.05, 0.1) is 12.7 Å². The molecule has 1 fully saturated rings. The molecule has 1 aliphatic rings. The van der Waals surface area contributed by atoms with Crippen molar-refractivity contribution in [2.24, 2.45) is 5.84 Å².